The molecule has 2 N–H and O–H groups in total. The zero-order valence-electron chi connectivity index (χ0n) is 7.10. The molecule has 0 aromatic rings. The molecule has 0 aromatic heterocycles. The molecule has 76 valence electrons. The third kappa shape index (κ3) is 2.53. The highest BCUT2D eigenvalue weighted by Crippen LogP contribution is 2.30. The van der Waals surface area contributed by atoms with Crippen LogP contribution in [0.3, 0.4) is 0 Å². The van der Waals surface area contributed by atoms with E-state index in [-0.39, 0.29) is 24.8 Å². The fraction of sp³-hybridized carbons (Fsp3) is 0.571. The summed E-state index contributed by atoms with van der Waals surface area (Å²) in [7, 11) is 0. The number of thioether (sulfide) groups is 1. The van der Waals surface area contributed by atoms with Crippen LogP contribution in [-0.2, 0) is 0 Å². The number of nitrogens with zero attached hydrogens (tertiary/aromatic N) is 2. The molecule has 0 radical (unpaired) electrons. The standard InChI is InChI=1S/C7H11N3S.2ClH/c8-2-1-6-5-11-7-9-3-4-10(6)7;;/h5H,1-4,8H2;2*1H. The van der Waals surface area contributed by atoms with Gasteiger partial charge in [0.1, 0.15) is 0 Å². The van der Waals surface area contributed by atoms with Crippen molar-refractivity contribution in [3.63, 3.8) is 0 Å². The van der Waals surface area contributed by atoms with E-state index >= 15 is 0 Å². The number of hydrogen-bond acceptors (Lipinski definition) is 4. The van der Waals surface area contributed by atoms with Gasteiger partial charge in [-0.1, -0.05) is 11.8 Å². The first-order chi connectivity index (χ1) is 5.42. The summed E-state index contributed by atoms with van der Waals surface area (Å²) in [6.45, 7) is 2.73. The quantitative estimate of drug-likeness (QED) is 0.796. The Hall–Kier alpha value is 0.1000. The summed E-state index contributed by atoms with van der Waals surface area (Å²) in [4.78, 5) is 6.60. The van der Waals surface area contributed by atoms with Crippen LogP contribution in [0.15, 0.2) is 16.1 Å². The van der Waals surface area contributed by atoms with Gasteiger partial charge < -0.3 is 10.6 Å². The van der Waals surface area contributed by atoms with Gasteiger partial charge in [-0.25, -0.2) is 0 Å². The van der Waals surface area contributed by atoms with E-state index in [1.807, 2.05) is 0 Å². The van der Waals surface area contributed by atoms with E-state index < -0.39 is 0 Å². The Morgan fingerprint density at radius 2 is 2.31 bits per heavy atom. The van der Waals surface area contributed by atoms with E-state index in [0.29, 0.717) is 0 Å². The van der Waals surface area contributed by atoms with Gasteiger partial charge in [-0.2, -0.15) is 0 Å². The summed E-state index contributed by atoms with van der Waals surface area (Å²) in [5.74, 6) is 0. The van der Waals surface area contributed by atoms with Gasteiger partial charge in [0.2, 0.25) is 0 Å². The van der Waals surface area contributed by atoms with Crippen LogP contribution in [0, 0.1) is 0 Å². The number of halogens is 2. The number of aliphatic imine (C=N–C) groups is 1. The number of nitrogens with two attached hydrogens (primary N) is 1. The first-order valence-corrected chi connectivity index (χ1v) is 4.67. The van der Waals surface area contributed by atoms with Crippen LogP contribution in [0.1, 0.15) is 6.42 Å². The molecular weight excluding hydrogens is 229 g/mol. The Balaban J connectivity index is 0.000000720. The number of hydrogen-bond donors (Lipinski definition) is 1. The average molecular weight is 242 g/mol. The topological polar surface area (TPSA) is 41.6 Å². The van der Waals surface area contributed by atoms with Crippen LogP contribution < -0.4 is 5.73 Å². The van der Waals surface area contributed by atoms with Gasteiger partial charge in [0, 0.05) is 18.7 Å². The first kappa shape index (κ1) is 13.1. The maximum atomic E-state index is 5.47. The molecule has 0 fully saturated rings. The lowest BCUT2D eigenvalue weighted by Gasteiger charge is -2.15. The van der Waals surface area contributed by atoms with E-state index in [1.54, 1.807) is 11.8 Å². The highest BCUT2D eigenvalue weighted by molar-refractivity contribution is 8.16. The van der Waals surface area contributed by atoms with Gasteiger partial charge in [0.15, 0.2) is 5.17 Å². The van der Waals surface area contributed by atoms with Crippen molar-refractivity contribution >= 4 is 41.7 Å². The normalized spacial score (nSPS) is 18.4. The van der Waals surface area contributed by atoms with E-state index in [1.165, 1.54) is 5.70 Å². The minimum atomic E-state index is 0. The molecule has 2 aliphatic heterocycles. The van der Waals surface area contributed by atoms with E-state index in [4.69, 9.17) is 5.73 Å². The molecule has 0 saturated heterocycles. The molecule has 2 heterocycles. The van der Waals surface area contributed by atoms with E-state index in [2.05, 4.69) is 15.3 Å². The highest BCUT2D eigenvalue weighted by atomic mass is 35.5. The lowest BCUT2D eigenvalue weighted by atomic mass is 10.3. The van der Waals surface area contributed by atoms with E-state index in [9.17, 15) is 0 Å². The average Bonchev–Trinajstić information content (AvgIpc) is 2.53. The summed E-state index contributed by atoms with van der Waals surface area (Å²) in [6.07, 6.45) is 0.978. The van der Waals surface area contributed by atoms with Crippen LogP contribution in [0.4, 0.5) is 0 Å². The summed E-state index contributed by atoms with van der Waals surface area (Å²) in [6, 6.07) is 0. The van der Waals surface area contributed by atoms with Crippen LogP contribution in [0.2, 0.25) is 0 Å². The maximum absolute atomic E-state index is 5.47. The molecule has 6 heteroatoms. The van der Waals surface area contributed by atoms with Crippen molar-refractivity contribution in [1.29, 1.82) is 0 Å². The highest BCUT2D eigenvalue weighted by Gasteiger charge is 2.24. The fourth-order valence-corrected chi connectivity index (χ4v) is 2.31. The largest absolute Gasteiger partial charge is 0.330 e. The molecule has 0 aromatic carbocycles. The third-order valence-corrected chi connectivity index (χ3v) is 2.80. The van der Waals surface area contributed by atoms with Crippen LogP contribution in [0.25, 0.3) is 0 Å². The van der Waals surface area contributed by atoms with Crippen molar-refractivity contribution in [2.75, 3.05) is 19.6 Å². The molecule has 3 nitrogen and oxygen atoms in total. The van der Waals surface area contributed by atoms with Crippen LogP contribution in [-0.4, -0.2) is 29.7 Å². The Morgan fingerprint density at radius 3 is 3.00 bits per heavy atom. The van der Waals surface area contributed by atoms with Gasteiger partial charge in [-0.15, -0.1) is 24.8 Å². The SMILES string of the molecule is Cl.Cl.NCCC1=CSC2=NCCN12. The number of amidine groups is 1. The number of fused-ring (bicyclic) bond motifs is 1. The van der Waals surface area contributed by atoms with Crippen molar-refractivity contribution in [2.45, 2.75) is 6.42 Å². The van der Waals surface area contributed by atoms with Crippen molar-refractivity contribution in [2.24, 2.45) is 10.7 Å². The molecular formula is C7H13Cl2N3S. The third-order valence-electron chi connectivity index (χ3n) is 1.85. The van der Waals surface area contributed by atoms with Gasteiger partial charge in [-0.3, -0.25) is 4.99 Å². The molecule has 0 unspecified atom stereocenters. The Kier molecular flexibility index (Phi) is 5.80. The van der Waals surface area contributed by atoms with Crippen molar-refractivity contribution in [3.8, 4) is 0 Å². The van der Waals surface area contributed by atoms with Crippen LogP contribution in [0.5, 0.6) is 0 Å². The second kappa shape index (κ2) is 5.75. The zero-order valence-corrected chi connectivity index (χ0v) is 9.55. The molecule has 0 amide bonds. The van der Waals surface area contributed by atoms with Gasteiger partial charge in [0.25, 0.3) is 0 Å². The molecule has 2 aliphatic rings. The molecule has 0 spiro atoms. The Morgan fingerprint density at radius 1 is 1.54 bits per heavy atom. The van der Waals surface area contributed by atoms with Crippen LogP contribution >= 0.6 is 36.6 Å². The lowest BCUT2D eigenvalue weighted by Crippen LogP contribution is -2.22. The van der Waals surface area contributed by atoms with Crippen molar-refractivity contribution in [1.82, 2.24) is 4.90 Å². The molecule has 0 aliphatic carbocycles. The molecule has 0 bridgehead atoms. The first-order valence-electron chi connectivity index (χ1n) is 3.79. The smallest absolute Gasteiger partial charge is 0.167 e. The second-order valence-corrected chi connectivity index (χ2v) is 3.42. The van der Waals surface area contributed by atoms with Crippen molar-refractivity contribution < 1.29 is 0 Å². The predicted octanol–water partition coefficient (Wildman–Crippen LogP) is 1.44. The summed E-state index contributed by atoms with van der Waals surface area (Å²) in [5, 5.41) is 3.32. The monoisotopic (exact) mass is 241 g/mol. The minimum Gasteiger partial charge on any atom is -0.330 e. The molecule has 13 heavy (non-hydrogen) atoms. The minimum absolute atomic E-state index is 0. The van der Waals surface area contributed by atoms with Gasteiger partial charge in [0.05, 0.1) is 6.54 Å². The molecule has 0 atom stereocenters. The maximum Gasteiger partial charge on any atom is 0.167 e. The summed E-state index contributed by atoms with van der Waals surface area (Å²) in [5.41, 5.74) is 6.82. The summed E-state index contributed by atoms with van der Waals surface area (Å²) < 4.78 is 0. The predicted molar refractivity (Wildman–Crippen MR) is 62.8 cm³/mol. The second-order valence-electron chi connectivity index (χ2n) is 2.58. The Labute approximate surface area is 94.7 Å². The molecule has 0 saturated carbocycles. The molecule has 2 rings (SSSR count). The fourth-order valence-electron chi connectivity index (χ4n) is 1.32. The number of rotatable bonds is 2. The zero-order chi connectivity index (χ0) is 7.68. The van der Waals surface area contributed by atoms with Gasteiger partial charge in [-0.05, 0) is 12.0 Å². The van der Waals surface area contributed by atoms with Gasteiger partial charge >= 0.3 is 0 Å². The Bertz CT molecular complexity index is 230. The van der Waals surface area contributed by atoms with Crippen molar-refractivity contribution in [3.05, 3.63) is 11.1 Å². The lowest BCUT2D eigenvalue weighted by molar-refractivity contribution is 0.548. The summed E-state index contributed by atoms with van der Waals surface area (Å²) >= 11 is 1.72. The van der Waals surface area contributed by atoms with E-state index in [0.717, 1.165) is 31.2 Å².